The van der Waals surface area contributed by atoms with Crippen molar-refractivity contribution in [3.8, 4) is 0 Å². The fourth-order valence-corrected chi connectivity index (χ4v) is 3.33. The Kier molecular flexibility index (Phi) is 20.6. The van der Waals surface area contributed by atoms with Gasteiger partial charge in [0.25, 0.3) is 0 Å². The summed E-state index contributed by atoms with van der Waals surface area (Å²) in [5.41, 5.74) is 21.6. The molecule has 11 heteroatoms. The number of nitrogens with zero attached hydrogens (tertiary/aromatic N) is 1. The van der Waals surface area contributed by atoms with Crippen LogP contribution in [0, 0.1) is 0 Å². The van der Waals surface area contributed by atoms with Crippen LogP contribution in [0.25, 0.3) is 0 Å². The third-order valence-corrected chi connectivity index (χ3v) is 5.20. The third-order valence-electron chi connectivity index (χ3n) is 5.20. The van der Waals surface area contributed by atoms with Crippen molar-refractivity contribution in [3.05, 3.63) is 0 Å². The number of rotatable bonds is 22. The van der Waals surface area contributed by atoms with Gasteiger partial charge < -0.3 is 43.2 Å². The summed E-state index contributed by atoms with van der Waals surface area (Å²) in [4.78, 5) is 38.0. The molecule has 0 unspecified atom stereocenters. The van der Waals surface area contributed by atoms with E-state index in [4.69, 9.17) is 27.7 Å². The molecule has 0 fully saturated rings. The minimum Gasteiger partial charge on any atom is -0.448 e. The number of nitrogens with one attached hydrogen (secondary N) is 2. The molecule has 3 amide bonds. The Morgan fingerprint density at radius 1 is 0.818 bits per heavy atom. The highest BCUT2D eigenvalue weighted by Gasteiger charge is 2.20. The molecule has 0 aromatic rings. The predicted octanol–water partition coefficient (Wildman–Crippen LogP) is -0.238. The number of primary amides is 1. The number of hydrogen-bond donors (Lipinski definition) is 6. The van der Waals surface area contributed by atoms with Gasteiger partial charge in [0.05, 0.1) is 19.1 Å². The van der Waals surface area contributed by atoms with E-state index in [1.54, 1.807) is 4.90 Å². The summed E-state index contributed by atoms with van der Waals surface area (Å²) >= 11 is 0. The van der Waals surface area contributed by atoms with Crippen molar-refractivity contribution in [1.29, 1.82) is 0 Å². The zero-order valence-electron chi connectivity index (χ0n) is 20.2. The van der Waals surface area contributed by atoms with Gasteiger partial charge >= 0.3 is 6.09 Å². The first-order chi connectivity index (χ1) is 15.9. The van der Waals surface area contributed by atoms with E-state index in [0.29, 0.717) is 39.1 Å². The van der Waals surface area contributed by atoms with E-state index in [-0.39, 0.29) is 37.6 Å². The second kappa shape index (κ2) is 21.9. The van der Waals surface area contributed by atoms with Gasteiger partial charge in [-0.1, -0.05) is 25.7 Å². The zero-order valence-corrected chi connectivity index (χ0v) is 20.2. The third kappa shape index (κ3) is 19.2. The lowest BCUT2D eigenvalue weighted by atomic mass is 10.1. The summed E-state index contributed by atoms with van der Waals surface area (Å²) in [5, 5.41) is 5.99. The number of hydrogen-bond acceptors (Lipinski definition) is 8. The first-order valence-electron chi connectivity index (χ1n) is 12.2. The summed E-state index contributed by atoms with van der Waals surface area (Å²) in [7, 11) is 0. The van der Waals surface area contributed by atoms with Crippen molar-refractivity contribution >= 4 is 17.9 Å². The molecule has 33 heavy (non-hydrogen) atoms. The maximum Gasteiger partial charge on any atom is 0.404 e. The molecule has 0 rings (SSSR count). The molecule has 0 aliphatic heterocycles. The van der Waals surface area contributed by atoms with Gasteiger partial charge in [-0.15, -0.1) is 0 Å². The average molecular weight is 474 g/mol. The van der Waals surface area contributed by atoms with Gasteiger partial charge in [0.1, 0.15) is 6.61 Å². The summed E-state index contributed by atoms with van der Waals surface area (Å²) in [6, 6.07) is -0.376. The van der Waals surface area contributed by atoms with Crippen molar-refractivity contribution in [2.24, 2.45) is 22.9 Å². The topological polar surface area (TPSA) is 192 Å². The van der Waals surface area contributed by atoms with Gasteiger partial charge in [-0.05, 0) is 64.7 Å². The minimum absolute atomic E-state index is 0.0105. The Labute approximate surface area is 198 Å². The molecule has 0 radical (unpaired) electrons. The molecule has 0 saturated heterocycles. The van der Waals surface area contributed by atoms with Gasteiger partial charge in [-0.3, -0.25) is 9.59 Å². The van der Waals surface area contributed by atoms with Crippen molar-refractivity contribution in [3.63, 3.8) is 0 Å². The number of carbonyl (C=O) groups excluding carboxylic acids is 3. The van der Waals surface area contributed by atoms with Crippen molar-refractivity contribution < 1.29 is 19.1 Å². The van der Waals surface area contributed by atoms with Crippen LogP contribution < -0.4 is 33.6 Å². The predicted molar refractivity (Wildman–Crippen MR) is 130 cm³/mol. The van der Waals surface area contributed by atoms with Crippen molar-refractivity contribution in [2.45, 2.75) is 70.3 Å². The van der Waals surface area contributed by atoms with Crippen LogP contribution in [0.1, 0.15) is 64.2 Å². The highest BCUT2D eigenvalue weighted by atomic mass is 16.5. The molecule has 0 bridgehead atoms. The molecular formula is C22H47N7O4. The lowest BCUT2D eigenvalue weighted by molar-refractivity contribution is -0.135. The standard InChI is InChI=1S/C22H47N7O4/c23-11-5-2-1-3-9-15-29(21(31)16-27-14-8-7-13-25)17-20(30)28-19(10-4-6-12-24)18-33-22(26)32/h19,27H,1-18,23-25H2,(H2,26,32)(H,28,30)/t19-/m0/s1. The van der Waals surface area contributed by atoms with E-state index in [1.165, 1.54) is 0 Å². The zero-order chi connectivity index (χ0) is 24.7. The maximum atomic E-state index is 12.7. The lowest BCUT2D eigenvalue weighted by Crippen LogP contribution is -2.48. The molecule has 0 aliphatic carbocycles. The summed E-state index contributed by atoms with van der Waals surface area (Å²) < 4.78 is 4.87. The second-order valence-corrected chi connectivity index (χ2v) is 8.22. The fraction of sp³-hybridized carbons (Fsp3) is 0.864. The van der Waals surface area contributed by atoms with Gasteiger partial charge in [-0.25, -0.2) is 4.79 Å². The highest BCUT2D eigenvalue weighted by molar-refractivity contribution is 5.85. The molecule has 0 aromatic carbocycles. The monoisotopic (exact) mass is 473 g/mol. The molecule has 0 saturated carbocycles. The Balaban J connectivity index is 4.76. The Morgan fingerprint density at radius 3 is 2.09 bits per heavy atom. The van der Waals surface area contributed by atoms with Crippen LogP contribution in [-0.4, -0.2) is 81.3 Å². The maximum absolute atomic E-state index is 12.7. The molecule has 0 heterocycles. The number of carbonyl (C=O) groups is 3. The van der Waals surface area contributed by atoms with Crippen molar-refractivity contribution in [1.82, 2.24) is 15.5 Å². The van der Waals surface area contributed by atoms with Crippen molar-refractivity contribution in [2.75, 3.05) is 52.4 Å². The normalized spacial score (nSPS) is 11.7. The van der Waals surface area contributed by atoms with E-state index in [2.05, 4.69) is 10.6 Å². The van der Waals surface area contributed by atoms with E-state index in [0.717, 1.165) is 57.8 Å². The molecule has 1 atom stereocenters. The van der Waals surface area contributed by atoms with Crippen LogP contribution >= 0.6 is 0 Å². The molecule has 0 spiro atoms. The minimum atomic E-state index is -0.889. The van der Waals surface area contributed by atoms with Gasteiger partial charge in [-0.2, -0.15) is 0 Å². The average Bonchev–Trinajstić information content (AvgIpc) is 2.78. The SMILES string of the molecule is NCCCCCCCN(CC(=O)N[C@@H](CCCCN)COC(N)=O)C(=O)CNCCCCN. The Bertz CT molecular complexity index is 523. The van der Waals surface area contributed by atoms with E-state index < -0.39 is 6.09 Å². The van der Waals surface area contributed by atoms with Crippen LogP contribution in [0.3, 0.4) is 0 Å². The molecule has 194 valence electrons. The highest BCUT2D eigenvalue weighted by Crippen LogP contribution is 2.05. The van der Waals surface area contributed by atoms with Gasteiger partial charge in [0, 0.05) is 6.54 Å². The number of ether oxygens (including phenoxy) is 1. The number of nitrogens with two attached hydrogens (primary N) is 4. The lowest BCUT2D eigenvalue weighted by Gasteiger charge is -2.25. The molecule has 0 aromatic heterocycles. The number of amides is 3. The number of unbranched alkanes of at least 4 members (excludes halogenated alkanes) is 6. The Hall–Kier alpha value is -1.95. The molecule has 10 N–H and O–H groups in total. The summed E-state index contributed by atoms with van der Waals surface area (Å²) in [6.45, 7) is 3.19. The Morgan fingerprint density at radius 2 is 1.42 bits per heavy atom. The van der Waals surface area contributed by atoms with E-state index in [1.807, 2.05) is 0 Å². The van der Waals surface area contributed by atoms with E-state index in [9.17, 15) is 14.4 Å². The second-order valence-electron chi connectivity index (χ2n) is 8.22. The molecule has 11 nitrogen and oxygen atoms in total. The molecule has 0 aliphatic rings. The quantitative estimate of drug-likeness (QED) is 0.116. The smallest absolute Gasteiger partial charge is 0.404 e. The first-order valence-corrected chi connectivity index (χ1v) is 12.2. The first kappa shape index (κ1) is 31.0. The fourth-order valence-electron chi connectivity index (χ4n) is 3.33. The summed E-state index contributed by atoms with van der Waals surface area (Å²) in [5.74, 6) is -0.409. The summed E-state index contributed by atoms with van der Waals surface area (Å²) in [6.07, 6.45) is 8.00. The van der Waals surface area contributed by atoms with Crippen LogP contribution in [0.5, 0.6) is 0 Å². The van der Waals surface area contributed by atoms with Gasteiger partial charge in [0.15, 0.2) is 0 Å². The van der Waals surface area contributed by atoms with Crippen LogP contribution in [0.15, 0.2) is 0 Å². The van der Waals surface area contributed by atoms with Crippen LogP contribution in [0.4, 0.5) is 4.79 Å². The van der Waals surface area contributed by atoms with E-state index >= 15 is 0 Å². The largest absolute Gasteiger partial charge is 0.448 e. The van der Waals surface area contributed by atoms with Crippen LogP contribution in [0.2, 0.25) is 0 Å². The van der Waals surface area contributed by atoms with Gasteiger partial charge in [0.2, 0.25) is 11.8 Å². The van der Waals surface area contributed by atoms with Crippen LogP contribution in [-0.2, 0) is 14.3 Å². The molecular weight excluding hydrogens is 426 g/mol.